The fraction of sp³-hybridized carbons (Fsp3) is 0.0833. The summed E-state index contributed by atoms with van der Waals surface area (Å²) in [5, 5.41) is 11.8. The summed E-state index contributed by atoms with van der Waals surface area (Å²) >= 11 is 0. The molecular weight excluding hydrogens is 214 g/mol. The summed E-state index contributed by atoms with van der Waals surface area (Å²) < 4.78 is 0. The number of aromatic nitrogens is 2. The van der Waals surface area contributed by atoms with E-state index in [1.54, 1.807) is 18.5 Å². The van der Waals surface area contributed by atoms with Crippen LogP contribution in [0.2, 0.25) is 0 Å². The van der Waals surface area contributed by atoms with Crippen LogP contribution >= 0.6 is 0 Å². The number of nitrogens with zero attached hydrogens (tertiary/aromatic N) is 3. The molecule has 5 heteroatoms. The van der Waals surface area contributed by atoms with Crippen LogP contribution in [0.5, 0.6) is 0 Å². The van der Waals surface area contributed by atoms with Gasteiger partial charge in [0.1, 0.15) is 11.9 Å². The first-order chi connectivity index (χ1) is 8.29. The minimum Gasteiger partial charge on any atom is -0.396 e. The smallest absolute Gasteiger partial charge is 0.149 e. The lowest BCUT2D eigenvalue weighted by molar-refractivity contribution is 1.10. The van der Waals surface area contributed by atoms with Crippen LogP contribution in [0.3, 0.4) is 0 Å². The van der Waals surface area contributed by atoms with Gasteiger partial charge >= 0.3 is 0 Å². The van der Waals surface area contributed by atoms with Crippen molar-refractivity contribution in [3.8, 4) is 6.07 Å². The molecule has 0 fully saturated rings. The normalized spacial score (nSPS) is 9.59. The number of pyridine rings is 2. The number of nitrogens with one attached hydrogen (secondary N) is 1. The van der Waals surface area contributed by atoms with E-state index in [4.69, 9.17) is 11.0 Å². The summed E-state index contributed by atoms with van der Waals surface area (Å²) in [6.07, 6.45) is 4.95. The van der Waals surface area contributed by atoms with Gasteiger partial charge in [-0.05, 0) is 23.8 Å². The third-order valence-corrected chi connectivity index (χ3v) is 2.26. The molecule has 0 atom stereocenters. The largest absolute Gasteiger partial charge is 0.396 e. The maximum atomic E-state index is 8.69. The summed E-state index contributed by atoms with van der Waals surface area (Å²) in [5.74, 6) is 0.584. The van der Waals surface area contributed by atoms with E-state index in [0.717, 1.165) is 5.56 Å². The van der Waals surface area contributed by atoms with E-state index in [9.17, 15) is 0 Å². The highest BCUT2D eigenvalue weighted by Gasteiger charge is 2.01. The van der Waals surface area contributed by atoms with E-state index in [0.29, 0.717) is 23.6 Å². The topological polar surface area (TPSA) is 87.6 Å². The molecule has 5 nitrogen and oxygen atoms in total. The molecule has 2 aromatic heterocycles. The molecule has 0 aliphatic rings. The number of hydrogen-bond acceptors (Lipinski definition) is 5. The van der Waals surface area contributed by atoms with Gasteiger partial charge in [0, 0.05) is 25.1 Å². The number of anilines is 2. The SMILES string of the molecule is N#Cc1cnc(NCc2ccncc2)c(N)c1. The Morgan fingerprint density at radius 3 is 2.76 bits per heavy atom. The zero-order chi connectivity index (χ0) is 12.1. The fourth-order valence-corrected chi connectivity index (χ4v) is 1.38. The second kappa shape index (κ2) is 4.94. The van der Waals surface area contributed by atoms with Gasteiger partial charge in [-0.1, -0.05) is 0 Å². The van der Waals surface area contributed by atoms with E-state index >= 15 is 0 Å². The Bertz CT molecular complexity index is 545. The Morgan fingerprint density at radius 1 is 1.35 bits per heavy atom. The molecule has 2 rings (SSSR count). The molecule has 0 aliphatic carbocycles. The Balaban J connectivity index is 2.08. The first-order valence-electron chi connectivity index (χ1n) is 5.08. The molecular formula is C12H11N5. The molecule has 3 N–H and O–H groups in total. The molecule has 17 heavy (non-hydrogen) atoms. The Hall–Kier alpha value is -2.61. The summed E-state index contributed by atoms with van der Waals surface area (Å²) in [6, 6.07) is 7.41. The molecule has 0 saturated carbocycles. The molecule has 0 amide bonds. The van der Waals surface area contributed by atoms with Crippen LogP contribution in [0, 0.1) is 11.3 Å². The van der Waals surface area contributed by atoms with Crippen molar-refractivity contribution < 1.29 is 0 Å². The second-order valence-electron chi connectivity index (χ2n) is 3.48. The van der Waals surface area contributed by atoms with Crippen LogP contribution < -0.4 is 11.1 Å². The van der Waals surface area contributed by atoms with Crippen molar-refractivity contribution in [2.24, 2.45) is 0 Å². The molecule has 2 aromatic rings. The average Bonchev–Trinajstić information content (AvgIpc) is 2.38. The third kappa shape index (κ3) is 2.69. The lowest BCUT2D eigenvalue weighted by atomic mass is 10.2. The zero-order valence-electron chi connectivity index (χ0n) is 9.09. The van der Waals surface area contributed by atoms with Crippen LogP contribution in [-0.4, -0.2) is 9.97 Å². The molecule has 0 unspecified atom stereocenters. The highest BCUT2D eigenvalue weighted by Crippen LogP contribution is 2.16. The highest BCUT2D eigenvalue weighted by molar-refractivity contribution is 5.63. The van der Waals surface area contributed by atoms with Gasteiger partial charge in [0.05, 0.1) is 11.3 Å². The molecule has 0 spiro atoms. The van der Waals surface area contributed by atoms with Gasteiger partial charge in [0.15, 0.2) is 0 Å². The minimum atomic E-state index is 0.456. The molecule has 0 aromatic carbocycles. The summed E-state index contributed by atoms with van der Waals surface area (Å²) in [7, 11) is 0. The molecule has 0 aliphatic heterocycles. The van der Waals surface area contributed by atoms with Crippen LogP contribution in [0.1, 0.15) is 11.1 Å². The van der Waals surface area contributed by atoms with E-state index < -0.39 is 0 Å². The Morgan fingerprint density at radius 2 is 2.12 bits per heavy atom. The lowest BCUT2D eigenvalue weighted by Crippen LogP contribution is -2.04. The van der Waals surface area contributed by atoms with Gasteiger partial charge in [-0.15, -0.1) is 0 Å². The van der Waals surface area contributed by atoms with Gasteiger partial charge in [-0.2, -0.15) is 5.26 Å². The van der Waals surface area contributed by atoms with Crippen molar-refractivity contribution in [3.05, 3.63) is 47.9 Å². The minimum absolute atomic E-state index is 0.456. The Kier molecular flexibility index (Phi) is 3.17. The van der Waals surface area contributed by atoms with Crippen molar-refractivity contribution in [1.29, 1.82) is 5.26 Å². The fourth-order valence-electron chi connectivity index (χ4n) is 1.38. The van der Waals surface area contributed by atoms with Crippen LogP contribution in [-0.2, 0) is 6.54 Å². The van der Waals surface area contributed by atoms with Crippen molar-refractivity contribution in [2.45, 2.75) is 6.54 Å². The van der Waals surface area contributed by atoms with Crippen molar-refractivity contribution in [3.63, 3.8) is 0 Å². The van der Waals surface area contributed by atoms with Gasteiger partial charge in [0.25, 0.3) is 0 Å². The number of nitriles is 1. The monoisotopic (exact) mass is 225 g/mol. The standard InChI is InChI=1S/C12H11N5/c13-6-10-5-11(14)12(17-8-10)16-7-9-1-3-15-4-2-9/h1-5,8H,7,14H2,(H,16,17). The van der Waals surface area contributed by atoms with Crippen LogP contribution in [0.25, 0.3) is 0 Å². The first-order valence-corrected chi connectivity index (χ1v) is 5.08. The lowest BCUT2D eigenvalue weighted by Gasteiger charge is -2.07. The molecule has 2 heterocycles. The predicted octanol–water partition coefficient (Wildman–Crippen LogP) is 1.54. The third-order valence-electron chi connectivity index (χ3n) is 2.26. The van der Waals surface area contributed by atoms with Crippen molar-refractivity contribution >= 4 is 11.5 Å². The average molecular weight is 225 g/mol. The maximum Gasteiger partial charge on any atom is 0.149 e. The zero-order valence-corrected chi connectivity index (χ0v) is 9.09. The molecule has 0 saturated heterocycles. The first kappa shape index (κ1) is 10.9. The van der Waals surface area contributed by atoms with Gasteiger partial charge in [0.2, 0.25) is 0 Å². The van der Waals surface area contributed by atoms with E-state index in [1.165, 1.54) is 6.20 Å². The van der Waals surface area contributed by atoms with Gasteiger partial charge in [-0.25, -0.2) is 4.98 Å². The van der Waals surface area contributed by atoms with E-state index in [-0.39, 0.29) is 0 Å². The molecule has 0 bridgehead atoms. The summed E-state index contributed by atoms with van der Waals surface area (Å²) in [4.78, 5) is 8.03. The molecule has 84 valence electrons. The quantitative estimate of drug-likeness (QED) is 0.827. The van der Waals surface area contributed by atoms with Crippen LogP contribution in [0.15, 0.2) is 36.8 Å². The van der Waals surface area contributed by atoms with Crippen molar-refractivity contribution in [1.82, 2.24) is 9.97 Å². The predicted molar refractivity (Wildman–Crippen MR) is 64.9 cm³/mol. The number of nitrogen functional groups attached to an aromatic ring is 1. The number of hydrogen-bond donors (Lipinski definition) is 2. The van der Waals surface area contributed by atoms with Crippen LogP contribution in [0.4, 0.5) is 11.5 Å². The maximum absolute atomic E-state index is 8.69. The second-order valence-corrected chi connectivity index (χ2v) is 3.48. The number of nitrogens with two attached hydrogens (primary N) is 1. The van der Waals surface area contributed by atoms with Gasteiger partial charge < -0.3 is 11.1 Å². The van der Waals surface area contributed by atoms with Crippen molar-refractivity contribution in [2.75, 3.05) is 11.1 Å². The number of rotatable bonds is 3. The summed E-state index contributed by atoms with van der Waals surface area (Å²) in [5.41, 5.74) is 7.79. The van der Waals surface area contributed by atoms with Gasteiger partial charge in [-0.3, -0.25) is 4.98 Å². The highest BCUT2D eigenvalue weighted by atomic mass is 15.0. The Labute approximate surface area is 98.9 Å². The van der Waals surface area contributed by atoms with E-state index in [2.05, 4.69) is 15.3 Å². The van der Waals surface area contributed by atoms with E-state index in [1.807, 2.05) is 18.2 Å². The summed E-state index contributed by atoms with van der Waals surface area (Å²) in [6.45, 7) is 0.617. The molecule has 0 radical (unpaired) electrons.